The van der Waals surface area contributed by atoms with Crippen LogP contribution in [0.2, 0.25) is 0 Å². The summed E-state index contributed by atoms with van der Waals surface area (Å²) in [5.74, 6) is -0.0840. The molecule has 2 saturated heterocycles. The first-order chi connectivity index (χ1) is 12.9. The molecular formula is C20H27N3O4. The van der Waals surface area contributed by atoms with Crippen molar-refractivity contribution in [2.45, 2.75) is 64.2 Å². The second kappa shape index (κ2) is 6.78. The van der Waals surface area contributed by atoms with Gasteiger partial charge >= 0.3 is 0 Å². The molecule has 1 aromatic heterocycles. The maximum Gasteiger partial charge on any atom is 0.235 e. The largest absolute Gasteiger partial charge is 0.360 e. The van der Waals surface area contributed by atoms with Gasteiger partial charge < -0.3 is 14.6 Å². The second-order valence-electron chi connectivity index (χ2n) is 8.03. The van der Waals surface area contributed by atoms with Crippen LogP contribution in [0.3, 0.4) is 0 Å². The summed E-state index contributed by atoms with van der Waals surface area (Å²) in [5, 5.41) is 7.06. The van der Waals surface area contributed by atoms with Crippen molar-refractivity contribution < 1.29 is 18.8 Å². The van der Waals surface area contributed by atoms with Gasteiger partial charge in [-0.1, -0.05) is 43.5 Å². The van der Waals surface area contributed by atoms with Crippen LogP contribution in [0.4, 0.5) is 5.82 Å². The minimum Gasteiger partial charge on any atom is -0.360 e. The summed E-state index contributed by atoms with van der Waals surface area (Å²) >= 11 is 0. The number of anilines is 1. The first kappa shape index (κ1) is 18.2. The number of rotatable bonds is 7. The quantitative estimate of drug-likeness (QED) is 0.586. The average molecular weight is 373 g/mol. The molecule has 7 heteroatoms. The molecular weight excluding hydrogens is 346 g/mol. The molecule has 0 aliphatic carbocycles. The maximum absolute atomic E-state index is 13.1. The van der Waals surface area contributed by atoms with E-state index < -0.39 is 17.4 Å². The van der Waals surface area contributed by atoms with Gasteiger partial charge in [-0.15, -0.1) is 0 Å². The molecule has 0 saturated carbocycles. The monoisotopic (exact) mass is 373 g/mol. The molecule has 1 spiro atoms. The zero-order chi connectivity index (χ0) is 19.2. The van der Waals surface area contributed by atoms with E-state index in [-0.39, 0.29) is 24.0 Å². The van der Waals surface area contributed by atoms with Gasteiger partial charge in [0.05, 0.1) is 24.5 Å². The van der Waals surface area contributed by atoms with Crippen LogP contribution in [-0.2, 0) is 14.3 Å². The van der Waals surface area contributed by atoms with Crippen molar-refractivity contribution in [3.05, 3.63) is 24.0 Å². The predicted molar refractivity (Wildman–Crippen MR) is 99.1 cm³/mol. The molecule has 2 bridgehead atoms. The molecule has 3 aliphatic rings. The average Bonchev–Trinajstić information content (AvgIpc) is 3.36. The SMILES string of the molecule is CCCCC[C@@H](C)NC(=O)[C@H]1[C@H]2C(=O)N(c3cc(C)on3)C[C@]23C=C[C@H]1O3. The van der Waals surface area contributed by atoms with Gasteiger partial charge in [0.2, 0.25) is 11.8 Å². The first-order valence-electron chi connectivity index (χ1n) is 9.87. The number of hydrogen-bond donors (Lipinski definition) is 1. The van der Waals surface area contributed by atoms with Crippen molar-refractivity contribution in [1.29, 1.82) is 0 Å². The number of nitrogens with zero attached hydrogens (tertiary/aromatic N) is 2. The lowest BCUT2D eigenvalue weighted by Crippen LogP contribution is -2.46. The highest BCUT2D eigenvalue weighted by molar-refractivity contribution is 6.02. The van der Waals surface area contributed by atoms with Gasteiger partial charge in [-0.2, -0.15) is 0 Å². The van der Waals surface area contributed by atoms with Crippen LogP contribution < -0.4 is 10.2 Å². The van der Waals surface area contributed by atoms with Crippen LogP contribution in [-0.4, -0.2) is 41.3 Å². The van der Waals surface area contributed by atoms with Crippen LogP contribution in [0.15, 0.2) is 22.7 Å². The number of amides is 2. The van der Waals surface area contributed by atoms with Crippen LogP contribution >= 0.6 is 0 Å². The van der Waals surface area contributed by atoms with Gasteiger partial charge in [0.25, 0.3) is 0 Å². The van der Waals surface area contributed by atoms with E-state index >= 15 is 0 Å². The van der Waals surface area contributed by atoms with Crippen molar-refractivity contribution in [2.24, 2.45) is 11.8 Å². The van der Waals surface area contributed by atoms with Gasteiger partial charge in [0, 0.05) is 12.1 Å². The van der Waals surface area contributed by atoms with Gasteiger partial charge in [0.1, 0.15) is 11.4 Å². The highest BCUT2D eigenvalue weighted by atomic mass is 16.5. The van der Waals surface area contributed by atoms with Crippen LogP contribution in [0, 0.1) is 18.8 Å². The van der Waals surface area contributed by atoms with Crippen LogP contribution in [0.1, 0.15) is 45.3 Å². The fourth-order valence-corrected chi connectivity index (χ4v) is 4.58. The normalized spacial score (nSPS) is 32.2. The Labute approximate surface area is 159 Å². The summed E-state index contributed by atoms with van der Waals surface area (Å²) in [6, 6.07) is 1.82. The van der Waals surface area contributed by atoms with E-state index in [1.807, 2.05) is 19.1 Å². The van der Waals surface area contributed by atoms with E-state index in [9.17, 15) is 9.59 Å². The zero-order valence-electron chi connectivity index (χ0n) is 16.1. The molecule has 1 aromatic rings. The minimum atomic E-state index is -0.734. The zero-order valence-corrected chi connectivity index (χ0v) is 16.1. The molecule has 0 radical (unpaired) electrons. The molecule has 2 amide bonds. The fourth-order valence-electron chi connectivity index (χ4n) is 4.58. The number of ether oxygens (including phenoxy) is 1. The lowest BCUT2D eigenvalue weighted by Gasteiger charge is -2.25. The molecule has 27 heavy (non-hydrogen) atoms. The van der Waals surface area contributed by atoms with E-state index in [0.29, 0.717) is 18.1 Å². The molecule has 0 aromatic carbocycles. The van der Waals surface area contributed by atoms with Crippen molar-refractivity contribution in [2.75, 3.05) is 11.4 Å². The summed E-state index contributed by atoms with van der Waals surface area (Å²) in [7, 11) is 0. The van der Waals surface area contributed by atoms with Gasteiger partial charge in [-0.05, 0) is 20.3 Å². The fraction of sp³-hybridized carbons (Fsp3) is 0.650. The molecule has 1 N–H and O–H groups in total. The Morgan fingerprint density at radius 3 is 3.00 bits per heavy atom. The van der Waals surface area contributed by atoms with Crippen molar-refractivity contribution in [1.82, 2.24) is 10.5 Å². The number of unbranched alkanes of at least 4 members (excludes halogenated alkanes) is 2. The molecule has 0 unspecified atom stereocenters. The van der Waals surface area contributed by atoms with Gasteiger partial charge in [-0.25, -0.2) is 0 Å². The Morgan fingerprint density at radius 2 is 2.30 bits per heavy atom. The van der Waals surface area contributed by atoms with Crippen molar-refractivity contribution in [3.8, 4) is 0 Å². The Hall–Kier alpha value is -2.15. The summed E-state index contributed by atoms with van der Waals surface area (Å²) in [5.41, 5.74) is -0.734. The Balaban J connectivity index is 1.50. The smallest absolute Gasteiger partial charge is 0.235 e. The van der Waals surface area contributed by atoms with E-state index in [1.165, 1.54) is 0 Å². The summed E-state index contributed by atoms with van der Waals surface area (Å²) in [6.07, 6.45) is 7.89. The van der Waals surface area contributed by atoms with Crippen molar-refractivity contribution >= 4 is 17.6 Å². The van der Waals surface area contributed by atoms with Crippen molar-refractivity contribution in [3.63, 3.8) is 0 Å². The topological polar surface area (TPSA) is 84.7 Å². The standard InChI is InChI=1S/C20H27N3O4/c1-4-5-6-7-12(2)21-18(24)16-14-8-9-20(26-14)11-23(19(25)17(16)20)15-10-13(3)27-22-15/h8-10,12,14,16-17H,4-7,11H2,1-3H3,(H,21,24)/t12-,14-,16-,17+,20-/m1/s1. The molecule has 5 atom stereocenters. The van der Waals surface area contributed by atoms with E-state index in [0.717, 1.165) is 25.7 Å². The Kier molecular flexibility index (Phi) is 4.58. The highest BCUT2D eigenvalue weighted by Gasteiger charge is 2.67. The Morgan fingerprint density at radius 1 is 1.48 bits per heavy atom. The minimum absolute atomic E-state index is 0.0910. The third-order valence-corrected chi connectivity index (χ3v) is 5.92. The molecule has 146 valence electrons. The van der Waals surface area contributed by atoms with E-state index in [2.05, 4.69) is 17.4 Å². The second-order valence-corrected chi connectivity index (χ2v) is 8.03. The summed E-state index contributed by atoms with van der Waals surface area (Å²) in [4.78, 5) is 27.7. The van der Waals surface area contributed by atoms with Gasteiger partial charge in [0.15, 0.2) is 5.82 Å². The molecule has 4 heterocycles. The summed E-state index contributed by atoms with van der Waals surface area (Å²) in [6.45, 7) is 6.34. The molecule has 4 rings (SSSR count). The number of nitrogens with one attached hydrogen (secondary N) is 1. The number of carbonyl (C=O) groups excluding carboxylic acids is 2. The highest BCUT2D eigenvalue weighted by Crippen LogP contribution is 2.52. The molecule has 7 nitrogen and oxygen atoms in total. The van der Waals surface area contributed by atoms with Crippen LogP contribution in [0.5, 0.6) is 0 Å². The van der Waals surface area contributed by atoms with E-state index in [1.54, 1.807) is 17.9 Å². The third kappa shape index (κ3) is 2.98. The molecule has 2 fully saturated rings. The lowest BCUT2D eigenvalue weighted by atomic mass is 9.76. The third-order valence-electron chi connectivity index (χ3n) is 5.92. The van der Waals surface area contributed by atoms with Gasteiger partial charge in [-0.3, -0.25) is 14.5 Å². The Bertz CT molecular complexity index is 773. The summed E-state index contributed by atoms with van der Waals surface area (Å²) < 4.78 is 11.2. The lowest BCUT2D eigenvalue weighted by molar-refractivity contribution is -0.132. The number of fused-ring (bicyclic) bond motifs is 1. The maximum atomic E-state index is 13.1. The number of aromatic nitrogens is 1. The van der Waals surface area contributed by atoms with E-state index in [4.69, 9.17) is 9.26 Å². The number of hydrogen-bond acceptors (Lipinski definition) is 5. The first-order valence-corrected chi connectivity index (χ1v) is 9.87. The molecule has 3 aliphatic heterocycles. The predicted octanol–water partition coefficient (Wildman–Crippen LogP) is 2.35. The number of carbonyl (C=O) groups is 2. The van der Waals surface area contributed by atoms with Crippen LogP contribution in [0.25, 0.3) is 0 Å². The number of aryl methyl sites for hydroxylation is 1.